The Morgan fingerprint density at radius 1 is 1.00 bits per heavy atom. The highest BCUT2D eigenvalue weighted by Gasteiger charge is 2.43. The highest BCUT2D eigenvalue weighted by molar-refractivity contribution is 4.98. The maximum atomic E-state index is 4.01. The second-order valence-electron chi connectivity index (χ2n) is 7.54. The van der Waals surface area contributed by atoms with Gasteiger partial charge in [-0.25, -0.2) is 0 Å². The van der Waals surface area contributed by atoms with Gasteiger partial charge in [0, 0.05) is 6.04 Å². The molecule has 1 atom stereocenters. The molecule has 0 saturated heterocycles. The predicted molar refractivity (Wildman–Crippen MR) is 89.0 cm³/mol. The van der Waals surface area contributed by atoms with E-state index >= 15 is 0 Å². The zero-order valence-corrected chi connectivity index (χ0v) is 14.2. The molecule has 1 N–H and O–H groups in total. The number of nitrogens with one attached hydrogen (secondary N) is 1. The maximum absolute atomic E-state index is 4.01. The molecule has 0 heterocycles. The Morgan fingerprint density at radius 2 is 1.65 bits per heavy atom. The first-order valence-corrected chi connectivity index (χ1v) is 9.49. The van der Waals surface area contributed by atoms with Crippen molar-refractivity contribution in [1.29, 1.82) is 0 Å². The summed E-state index contributed by atoms with van der Waals surface area (Å²) in [6.45, 7) is 8.36. The molecule has 0 aromatic heterocycles. The van der Waals surface area contributed by atoms with E-state index in [0.29, 0.717) is 5.41 Å². The smallest absolute Gasteiger partial charge is 0.0152 e. The minimum atomic E-state index is 0.638. The fourth-order valence-corrected chi connectivity index (χ4v) is 5.08. The monoisotopic (exact) mass is 279 g/mol. The van der Waals surface area contributed by atoms with Gasteiger partial charge in [-0.05, 0) is 62.3 Å². The van der Waals surface area contributed by atoms with Crippen molar-refractivity contribution in [1.82, 2.24) is 5.32 Å². The van der Waals surface area contributed by atoms with E-state index in [1.54, 1.807) is 0 Å². The van der Waals surface area contributed by atoms with Gasteiger partial charge in [0.05, 0.1) is 0 Å². The molecule has 1 unspecified atom stereocenters. The summed E-state index contributed by atoms with van der Waals surface area (Å²) in [7, 11) is 0. The van der Waals surface area contributed by atoms with E-state index in [2.05, 4.69) is 26.1 Å². The standard InChI is InChI=1S/C19H37N/c1-4-15-20-18(19(6-3)13-7-8-14-19)17-11-9-16(5-2)10-12-17/h16-18,20H,4-15H2,1-3H3. The van der Waals surface area contributed by atoms with Gasteiger partial charge in [0.25, 0.3) is 0 Å². The van der Waals surface area contributed by atoms with Gasteiger partial charge in [0.2, 0.25) is 0 Å². The van der Waals surface area contributed by atoms with Gasteiger partial charge in [-0.15, -0.1) is 0 Å². The molecular weight excluding hydrogens is 242 g/mol. The molecule has 0 spiro atoms. The van der Waals surface area contributed by atoms with Gasteiger partial charge in [-0.2, -0.15) is 0 Å². The van der Waals surface area contributed by atoms with E-state index in [0.717, 1.165) is 17.9 Å². The molecule has 118 valence electrons. The van der Waals surface area contributed by atoms with Crippen LogP contribution in [0.25, 0.3) is 0 Å². The van der Waals surface area contributed by atoms with Gasteiger partial charge < -0.3 is 5.32 Å². The quantitative estimate of drug-likeness (QED) is 0.645. The van der Waals surface area contributed by atoms with Crippen LogP contribution in [0.5, 0.6) is 0 Å². The van der Waals surface area contributed by atoms with Crippen molar-refractivity contribution in [3.05, 3.63) is 0 Å². The third-order valence-corrected chi connectivity index (χ3v) is 6.52. The third-order valence-electron chi connectivity index (χ3n) is 6.52. The summed E-state index contributed by atoms with van der Waals surface area (Å²) in [6.07, 6.45) is 15.9. The van der Waals surface area contributed by atoms with Gasteiger partial charge in [-0.3, -0.25) is 0 Å². The summed E-state index contributed by atoms with van der Waals surface area (Å²) in [6, 6.07) is 0.813. The molecule has 0 amide bonds. The van der Waals surface area contributed by atoms with Crippen molar-refractivity contribution in [2.75, 3.05) is 6.54 Å². The highest BCUT2D eigenvalue weighted by Crippen LogP contribution is 2.48. The molecular formula is C19H37N. The number of rotatable bonds is 7. The Bertz CT molecular complexity index is 259. The average Bonchev–Trinajstić information content (AvgIpc) is 2.98. The Kier molecular flexibility index (Phi) is 6.39. The molecule has 0 aliphatic heterocycles. The minimum absolute atomic E-state index is 0.638. The largest absolute Gasteiger partial charge is 0.313 e. The molecule has 0 radical (unpaired) electrons. The predicted octanol–water partition coefficient (Wildman–Crippen LogP) is 5.54. The lowest BCUT2D eigenvalue weighted by molar-refractivity contribution is 0.0973. The Hall–Kier alpha value is -0.0400. The molecule has 1 heteroatoms. The molecule has 2 rings (SSSR count). The van der Waals surface area contributed by atoms with E-state index in [1.807, 2.05) is 0 Å². The topological polar surface area (TPSA) is 12.0 Å². The van der Waals surface area contributed by atoms with Crippen LogP contribution in [0, 0.1) is 17.3 Å². The normalized spacial score (nSPS) is 31.4. The molecule has 0 bridgehead atoms. The van der Waals surface area contributed by atoms with Crippen molar-refractivity contribution in [3.63, 3.8) is 0 Å². The van der Waals surface area contributed by atoms with E-state index in [1.165, 1.54) is 77.2 Å². The first-order chi connectivity index (χ1) is 9.75. The van der Waals surface area contributed by atoms with Crippen molar-refractivity contribution < 1.29 is 0 Å². The molecule has 0 aromatic rings. The maximum Gasteiger partial charge on any atom is 0.0152 e. The fourth-order valence-electron chi connectivity index (χ4n) is 5.08. The molecule has 1 nitrogen and oxygen atoms in total. The van der Waals surface area contributed by atoms with Crippen LogP contribution >= 0.6 is 0 Å². The van der Waals surface area contributed by atoms with Crippen molar-refractivity contribution in [3.8, 4) is 0 Å². The number of hydrogen-bond donors (Lipinski definition) is 1. The first kappa shape index (κ1) is 16.3. The van der Waals surface area contributed by atoms with Gasteiger partial charge in [0.15, 0.2) is 0 Å². The van der Waals surface area contributed by atoms with E-state index in [-0.39, 0.29) is 0 Å². The van der Waals surface area contributed by atoms with E-state index < -0.39 is 0 Å². The van der Waals surface area contributed by atoms with Crippen LogP contribution in [0.15, 0.2) is 0 Å². The van der Waals surface area contributed by atoms with Crippen LogP contribution in [-0.4, -0.2) is 12.6 Å². The zero-order chi connectivity index (χ0) is 14.4. The van der Waals surface area contributed by atoms with Crippen LogP contribution < -0.4 is 5.32 Å². The fraction of sp³-hybridized carbons (Fsp3) is 1.00. The van der Waals surface area contributed by atoms with Crippen molar-refractivity contribution in [2.24, 2.45) is 17.3 Å². The Balaban J connectivity index is 2.03. The Labute approximate surface area is 127 Å². The molecule has 0 aromatic carbocycles. The lowest BCUT2D eigenvalue weighted by atomic mass is 9.66. The molecule has 2 aliphatic rings. The molecule has 2 fully saturated rings. The summed E-state index contributed by atoms with van der Waals surface area (Å²) in [5, 5.41) is 4.01. The Morgan fingerprint density at radius 3 is 2.15 bits per heavy atom. The molecule has 20 heavy (non-hydrogen) atoms. The SMILES string of the molecule is CCCNC(C1CCC(CC)CC1)C1(CC)CCCC1. The van der Waals surface area contributed by atoms with Crippen LogP contribution in [-0.2, 0) is 0 Å². The average molecular weight is 280 g/mol. The second-order valence-corrected chi connectivity index (χ2v) is 7.54. The second kappa shape index (κ2) is 7.82. The summed E-state index contributed by atoms with van der Waals surface area (Å²) >= 11 is 0. The molecule has 2 aliphatic carbocycles. The van der Waals surface area contributed by atoms with Gasteiger partial charge in [0.1, 0.15) is 0 Å². The van der Waals surface area contributed by atoms with Gasteiger partial charge in [-0.1, -0.05) is 52.9 Å². The summed E-state index contributed by atoms with van der Waals surface area (Å²) in [5.41, 5.74) is 0.638. The summed E-state index contributed by atoms with van der Waals surface area (Å²) in [5.74, 6) is 1.99. The molecule has 2 saturated carbocycles. The minimum Gasteiger partial charge on any atom is -0.313 e. The van der Waals surface area contributed by atoms with Crippen LogP contribution in [0.3, 0.4) is 0 Å². The zero-order valence-electron chi connectivity index (χ0n) is 14.2. The van der Waals surface area contributed by atoms with Crippen molar-refractivity contribution in [2.45, 2.75) is 97.4 Å². The summed E-state index contributed by atoms with van der Waals surface area (Å²) in [4.78, 5) is 0. The van der Waals surface area contributed by atoms with E-state index in [9.17, 15) is 0 Å². The van der Waals surface area contributed by atoms with Crippen LogP contribution in [0.2, 0.25) is 0 Å². The first-order valence-electron chi connectivity index (χ1n) is 9.49. The summed E-state index contributed by atoms with van der Waals surface area (Å²) < 4.78 is 0. The third kappa shape index (κ3) is 3.59. The lowest BCUT2D eigenvalue weighted by Gasteiger charge is -2.45. The lowest BCUT2D eigenvalue weighted by Crippen LogP contribution is -2.49. The highest BCUT2D eigenvalue weighted by atomic mass is 14.9. The van der Waals surface area contributed by atoms with Crippen LogP contribution in [0.4, 0.5) is 0 Å². The van der Waals surface area contributed by atoms with E-state index in [4.69, 9.17) is 0 Å². The number of hydrogen-bond acceptors (Lipinski definition) is 1. The van der Waals surface area contributed by atoms with Crippen molar-refractivity contribution >= 4 is 0 Å². The van der Waals surface area contributed by atoms with Gasteiger partial charge >= 0.3 is 0 Å². The van der Waals surface area contributed by atoms with Crippen LogP contribution in [0.1, 0.15) is 91.4 Å².